The Morgan fingerprint density at radius 1 is 1.32 bits per heavy atom. The fraction of sp³-hybridized carbons (Fsp3) is 0.562. The fourth-order valence-electron chi connectivity index (χ4n) is 1.62. The van der Waals surface area contributed by atoms with Gasteiger partial charge in [-0.05, 0) is 65.3 Å². The van der Waals surface area contributed by atoms with Gasteiger partial charge >= 0.3 is 5.97 Å². The van der Waals surface area contributed by atoms with Crippen LogP contribution in [0.15, 0.2) is 12.1 Å². The van der Waals surface area contributed by atoms with E-state index in [2.05, 4.69) is 56.5 Å². The molecule has 0 amide bonds. The molecule has 2 N–H and O–H groups in total. The van der Waals surface area contributed by atoms with Crippen molar-refractivity contribution in [2.24, 2.45) is 0 Å². The summed E-state index contributed by atoms with van der Waals surface area (Å²) in [7, 11) is -1.88. The molecule has 0 aliphatic carbocycles. The molecular formula is C16H26INO3Si. The van der Waals surface area contributed by atoms with Crippen LogP contribution in [0.2, 0.25) is 18.1 Å². The molecule has 0 atom stereocenters. The second kappa shape index (κ2) is 7.31. The van der Waals surface area contributed by atoms with Gasteiger partial charge in [0.1, 0.15) is 0 Å². The number of anilines is 1. The maximum absolute atomic E-state index is 12.1. The second-order valence-corrected chi connectivity index (χ2v) is 12.8. The molecule has 1 aromatic rings. The Hall–Kier alpha value is -0.603. The first-order valence-corrected chi connectivity index (χ1v) is 11.4. The zero-order chi connectivity index (χ0) is 17.1. The minimum Gasteiger partial charge on any atom is -0.462 e. The van der Waals surface area contributed by atoms with Gasteiger partial charge in [0.25, 0.3) is 0 Å². The van der Waals surface area contributed by atoms with E-state index in [1.165, 1.54) is 0 Å². The number of esters is 1. The van der Waals surface area contributed by atoms with Gasteiger partial charge in [-0.25, -0.2) is 4.79 Å². The summed E-state index contributed by atoms with van der Waals surface area (Å²) in [6.45, 7) is 13.5. The molecule has 0 spiro atoms. The van der Waals surface area contributed by atoms with Crippen LogP contribution in [0.4, 0.5) is 5.69 Å². The third kappa shape index (κ3) is 4.69. The van der Waals surface area contributed by atoms with Crippen molar-refractivity contribution in [2.75, 3.05) is 12.3 Å². The molecule has 6 heteroatoms. The average molecular weight is 435 g/mol. The number of benzene rings is 1. The fourth-order valence-corrected chi connectivity index (χ4v) is 3.11. The minimum atomic E-state index is -1.88. The van der Waals surface area contributed by atoms with E-state index in [0.717, 1.165) is 9.13 Å². The van der Waals surface area contributed by atoms with Crippen LogP contribution >= 0.6 is 22.6 Å². The number of carbonyl (C=O) groups excluding carboxylic acids is 1. The summed E-state index contributed by atoms with van der Waals surface area (Å²) in [5.41, 5.74) is 7.84. The van der Waals surface area contributed by atoms with Crippen LogP contribution in [0.1, 0.15) is 43.6 Å². The van der Waals surface area contributed by atoms with Gasteiger partial charge in [0, 0.05) is 9.26 Å². The summed E-state index contributed by atoms with van der Waals surface area (Å²) in [6.07, 6.45) is 0. The van der Waals surface area contributed by atoms with Gasteiger partial charge in [0.2, 0.25) is 0 Å². The van der Waals surface area contributed by atoms with Gasteiger partial charge in [0.05, 0.1) is 18.8 Å². The SMILES string of the molecule is CCOC(=O)c1cc(N)c(I)cc1CO[Si](C)(C)C(C)(C)C. The van der Waals surface area contributed by atoms with Crippen LogP contribution in [-0.2, 0) is 15.8 Å². The van der Waals surface area contributed by atoms with E-state index in [0.29, 0.717) is 24.5 Å². The summed E-state index contributed by atoms with van der Waals surface area (Å²) in [5.74, 6) is -0.348. The second-order valence-electron chi connectivity index (χ2n) is 6.80. The van der Waals surface area contributed by atoms with Gasteiger partial charge < -0.3 is 14.9 Å². The highest BCUT2D eigenvalue weighted by Gasteiger charge is 2.37. The Balaban J connectivity index is 3.08. The maximum Gasteiger partial charge on any atom is 0.338 e. The Morgan fingerprint density at radius 3 is 2.41 bits per heavy atom. The molecule has 1 aromatic carbocycles. The first kappa shape index (κ1) is 19.4. The summed E-state index contributed by atoms with van der Waals surface area (Å²) < 4.78 is 12.3. The van der Waals surface area contributed by atoms with Crippen LogP contribution in [0, 0.1) is 3.57 Å². The normalized spacial score (nSPS) is 12.3. The predicted octanol–water partition coefficient (Wildman–Crippen LogP) is 4.57. The van der Waals surface area contributed by atoms with Crippen molar-refractivity contribution in [3.8, 4) is 0 Å². The van der Waals surface area contributed by atoms with Crippen molar-refractivity contribution < 1.29 is 14.0 Å². The first-order valence-electron chi connectivity index (χ1n) is 7.38. The van der Waals surface area contributed by atoms with Gasteiger partial charge in [-0.2, -0.15) is 0 Å². The van der Waals surface area contributed by atoms with Crippen molar-refractivity contribution in [1.29, 1.82) is 0 Å². The van der Waals surface area contributed by atoms with E-state index < -0.39 is 8.32 Å². The number of hydrogen-bond donors (Lipinski definition) is 1. The van der Waals surface area contributed by atoms with Crippen LogP contribution < -0.4 is 5.73 Å². The van der Waals surface area contributed by atoms with Crippen LogP contribution in [0.25, 0.3) is 0 Å². The first-order chi connectivity index (χ1) is 9.99. The average Bonchev–Trinajstić information content (AvgIpc) is 2.38. The van der Waals surface area contributed by atoms with E-state index in [9.17, 15) is 4.79 Å². The lowest BCUT2D eigenvalue weighted by Crippen LogP contribution is -2.40. The van der Waals surface area contributed by atoms with Crippen molar-refractivity contribution in [3.05, 3.63) is 26.8 Å². The highest BCUT2D eigenvalue weighted by molar-refractivity contribution is 14.1. The van der Waals surface area contributed by atoms with Gasteiger partial charge in [-0.1, -0.05) is 20.8 Å². The quantitative estimate of drug-likeness (QED) is 0.319. The molecule has 0 aliphatic rings. The number of nitrogens with two attached hydrogens (primary N) is 1. The number of ether oxygens (including phenoxy) is 1. The molecule has 0 saturated heterocycles. The van der Waals surface area contributed by atoms with Gasteiger partial charge in [-0.15, -0.1) is 0 Å². The van der Waals surface area contributed by atoms with E-state index in [-0.39, 0.29) is 11.0 Å². The van der Waals surface area contributed by atoms with Gasteiger partial charge in [0.15, 0.2) is 8.32 Å². The zero-order valence-corrected chi connectivity index (χ0v) is 17.4. The summed E-state index contributed by atoms with van der Waals surface area (Å²) in [5, 5.41) is 0.123. The molecule has 124 valence electrons. The maximum atomic E-state index is 12.1. The largest absolute Gasteiger partial charge is 0.462 e. The summed E-state index contributed by atoms with van der Waals surface area (Å²) >= 11 is 2.17. The molecule has 1 rings (SSSR count). The third-order valence-corrected chi connectivity index (χ3v) is 9.53. The van der Waals surface area contributed by atoms with Gasteiger partial charge in [-0.3, -0.25) is 0 Å². The summed E-state index contributed by atoms with van der Waals surface area (Å²) in [4.78, 5) is 12.1. The van der Waals surface area contributed by atoms with E-state index in [4.69, 9.17) is 14.9 Å². The highest BCUT2D eigenvalue weighted by atomic mass is 127. The predicted molar refractivity (Wildman–Crippen MR) is 102 cm³/mol. The number of hydrogen-bond acceptors (Lipinski definition) is 4. The Labute approximate surface area is 148 Å². The van der Waals surface area contributed by atoms with Crippen LogP contribution in [0.5, 0.6) is 0 Å². The van der Waals surface area contributed by atoms with Crippen molar-refractivity contribution >= 4 is 42.6 Å². The number of nitrogen functional groups attached to an aromatic ring is 1. The van der Waals surface area contributed by atoms with Crippen LogP contribution in [0.3, 0.4) is 0 Å². The molecule has 0 saturated carbocycles. The molecule has 0 aliphatic heterocycles. The molecule has 0 fully saturated rings. The Kier molecular flexibility index (Phi) is 6.46. The molecule has 0 aromatic heterocycles. The van der Waals surface area contributed by atoms with Crippen molar-refractivity contribution in [2.45, 2.75) is 52.4 Å². The number of carbonyl (C=O) groups is 1. The lowest BCUT2D eigenvalue weighted by Gasteiger charge is -2.36. The molecule has 0 heterocycles. The molecule has 0 unspecified atom stereocenters. The lowest BCUT2D eigenvalue weighted by molar-refractivity contribution is 0.0523. The minimum absolute atomic E-state index is 0.123. The molecule has 0 bridgehead atoms. The molecule has 4 nitrogen and oxygen atoms in total. The summed E-state index contributed by atoms with van der Waals surface area (Å²) in [6, 6.07) is 3.60. The van der Waals surface area contributed by atoms with Crippen molar-refractivity contribution in [3.63, 3.8) is 0 Å². The monoisotopic (exact) mass is 435 g/mol. The smallest absolute Gasteiger partial charge is 0.338 e. The molecule has 22 heavy (non-hydrogen) atoms. The highest BCUT2D eigenvalue weighted by Crippen LogP contribution is 2.37. The van der Waals surface area contributed by atoms with E-state index in [1.807, 2.05) is 6.07 Å². The molecule has 0 radical (unpaired) electrons. The standard InChI is InChI=1S/C16H26INO3Si/c1-7-20-15(19)12-9-14(18)13(17)8-11(12)10-21-22(5,6)16(2,3)4/h8-9H,7,10,18H2,1-6H3. The number of rotatable bonds is 5. The third-order valence-electron chi connectivity index (χ3n) is 4.11. The van der Waals surface area contributed by atoms with E-state index in [1.54, 1.807) is 13.0 Å². The molecular weight excluding hydrogens is 409 g/mol. The van der Waals surface area contributed by atoms with E-state index >= 15 is 0 Å². The Morgan fingerprint density at radius 2 is 1.91 bits per heavy atom. The zero-order valence-electron chi connectivity index (χ0n) is 14.2. The topological polar surface area (TPSA) is 61.5 Å². The van der Waals surface area contributed by atoms with Crippen LogP contribution in [-0.4, -0.2) is 20.9 Å². The number of halogens is 1. The van der Waals surface area contributed by atoms with Crippen molar-refractivity contribution in [1.82, 2.24) is 0 Å². The lowest BCUT2D eigenvalue weighted by atomic mass is 10.1. The Bertz CT molecular complexity index is 553.